The van der Waals surface area contributed by atoms with Crippen molar-refractivity contribution < 1.29 is 14.7 Å². The first-order valence-corrected chi connectivity index (χ1v) is 7.21. The fraction of sp³-hybridized carbons (Fsp3) is 0.154. The summed E-state index contributed by atoms with van der Waals surface area (Å²) in [6, 6.07) is 3.94. The Morgan fingerprint density at radius 2 is 2.24 bits per heavy atom. The highest BCUT2D eigenvalue weighted by atomic mass is 35.5. The number of nitrogens with zero attached hydrogens (tertiary/aromatic N) is 2. The number of hydrogen-bond donors (Lipinski definition) is 2. The molecule has 2 amide bonds. The molecular weight excluding hydrogens is 314 g/mol. The van der Waals surface area contributed by atoms with E-state index >= 15 is 0 Å². The predicted molar refractivity (Wildman–Crippen MR) is 81.0 cm³/mol. The maximum Gasteiger partial charge on any atom is 0.337 e. The number of aromatic carboxylic acids is 1. The average Bonchev–Trinajstić information content (AvgIpc) is 2.93. The van der Waals surface area contributed by atoms with Crippen molar-refractivity contribution in [2.75, 3.05) is 12.4 Å². The van der Waals surface area contributed by atoms with E-state index in [1.807, 2.05) is 5.38 Å². The predicted octanol–water partition coefficient (Wildman–Crippen LogP) is 3.16. The molecule has 0 atom stereocenters. The van der Waals surface area contributed by atoms with Crippen LogP contribution in [0.1, 0.15) is 16.1 Å². The maximum atomic E-state index is 12.0. The molecule has 0 aliphatic carbocycles. The van der Waals surface area contributed by atoms with Crippen molar-refractivity contribution in [1.29, 1.82) is 0 Å². The molecule has 0 fully saturated rings. The lowest BCUT2D eigenvalue weighted by Crippen LogP contribution is -2.31. The molecule has 21 heavy (non-hydrogen) atoms. The zero-order valence-electron chi connectivity index (χ0n) is 11.0. The summed E-state index contributed by atoms with van der Waals surface area (Å²) in [6.45, 7) is 0.370. The van der Waals surface area contributed by atoms with Crippen molar-refractivity contribution in [3.8, 4) is 0 Å². The molecule has 0 unspecified atom stereocenters. The summed E-state index contributed by atoms with van der Waals surface area (Å²) < 4.78 is 0. The van der Waals surface area contributed by atoms with Gasteiger partial charge in [-0.3, -0.25) is 0 Å². The number of nitrogens with one attached hydrogen (secondary N) is 1. The molecule has 1 aromatic carbocycles. The van der Waals surface area contributed by atoms with E-state index in [9.17, 15) is 9.59 Å². The number of amides is 2. The van der Waals surface area contributed by atoms with Gasteiger partial charge >= 0.3 is 12.0 Å². The van der Waals surface area contributed by atoms with Gasteiger partial charge in [-0.25, -0.2) is 14.6 Å². The Balaban J connectivity index is 2.05. The fourth-order valence-electron chi connectivity index (χ4n) is 1.62. The first kappa shape index (κ1) is 15.3. The van der Waals surface area contributed by atoms with E-state index in [1.54, 1.807) is 18.6 Å². The van der Waals surface area contributed by atoms with Crippen molar-refractivity contribution >= 4 is 40.6 Å². The van der Waals surface area contributed by atoms with Crippen LogP contribution in [0.4, 0.5) is 10.5 Å². The molecule has 2 aromatic rings. The molecule has 2 rings (SSSR count). The van der Waals surface area contributed by atoms with Gasteiger partial charge in [-0.1, -0.05) is 11.6 Å². The Morgan fingerprint density at radius 1 is 1.48 bits per heavy atom. The molecule has 6 nitrogen and oxygen atoms in total. The normalized spacial score (nSPS) is 10.2. The van der Waals surface area contributed by atoms with Gasteiger partial charge in [0.25, 0.3) is 0 Å². The summed E-state index contributed by atoms with van der Waals surface area (Å²) in [5, 5.41) is 13.6. The second kappa shape index (κ2) is 6.55. The number of urea groups is 1. The number of carbonyl (C=O) groups excluding carboxylic acids is 1. The summed E-state index contributed by atoms with van der Waals surface area (Å²) >= 11 is 7.23. The number of aromatic nitrogens is 1. The van der Waals surface area contributed by atoms with Crippen molar-refractivity contribution in [2.24, 2.45) is 0 Å². The molecule has 8 heteroatoms. The Labute approximate surface area is 130 Å². The van der Waals surface area contributed by atoms with E-state index in [2.05, 4.69) is 10.3 Å². The molecule has 1 aromatic heterocycles. The second-order valence-electron chi connectivity index (χ2n) is 4.27. The van der Waals surface area contributed by atoms with Gasteiger partial charge in [0.05, 0.1) is 28.3 Å². The van der Waals surface area contributed by atoms with Gasteiger partial charge in [-0.05, 0) is 18.2 Å². The summed E-state index contributed by atoms with van der Waals surface area (Å²) in [5.74, 6) is -1.15. The monoisotopic (exact) mass is 325 g/mol. The average molecular weight is 326 g/mol. The minimum atomic E-state index is -1.15. The van der Waals surface area contributed by atoms with Crippen LogP contribution in [0.5, 0.6) is 0 Å². The molecule has 0 radical (unpaired) electrons. The molecule has 110 valence electrons. The molecule has 2 N–H and O–H groups in total. The number of halogens is 1. The van der Waals surface area contributed by atoms with Crippen molar-refractivity contribution in [3.05, 3.63) is 45.4 Å². The van der Waals surface area contributed by atoms with Crippen molar-refractivity contribution in [1.82, 2.24) is 9.88 Å². The van der Waals surface area contributed by atoms with Crippen LogP contribution in [0.3, 0.4) is 0 Å². The lowest BCUT2D eigenvalue weighted by atomic mass is 10.2. The number of carbonyl (C=O) groups is 2. The zero-order chi connectivity index (χ0) is 15.4. The first-order valence-electron chi connectivity index (χ1n) is 5.89. The smallest absolute Gasteiger partial charge is 0.337 e. The number of thiazole rings is 1. The standard InChI is InChI=1S/C13H12ClN3O3S/c1-17(5-9-6-21-7-15-9)13(20)16-8-2-3-11(14)10(4-8)12(18)19/h2-4,6-7H,5H2,1H3,(H,16,20)(H,18,19). The van der Waals surface area contributed by atoms with E-state index in [-0.39, 0.29) is 16.6 Å². The highest BCUT2D eigenvalue weighted by Gasteiger charge is 2.13. The van der Waals surface area contributed by atoms with Crippen LogP contribution in [0.2, 0.25) is 5.02 Å². The molecule has 1 heterocycles. The maximum absolute atomic E-state index is 12.0. The number of carboxylic acids is 1. The quantitative estimate of drug-likeness (QED) is 0.904. The van der Waals surface area contributed by atoms with Gasteiger partial charge < -0.3 is 15.3 Å². The number of carboxylic acid groups (broad SMARTS) is 1. The minimum Gasteiger partial charge on any atom is -0.478 e. The van der Waals surface area contributed by atoms with Crippen LogP contribution < -0.4 is 5.32 Å². The van der Waals surface area contributed by atoms with Crippen molar-refractivity contribution in [3.63, 3.8) is 0 Å². The third-order valence-corrected chi connectivity index (χ3v) is 3.64. The Morgan fingerprint density at radius 3 is 2.86 bits per heavy atom. The lowest BCUT2D eigenvalue weighted by Gasteiger charge is -2.17. The van der Waals surface area contributed by atoms with Gasteiger partial charge in [0, 0.05) is 18.1 Å². The van der Waals surface area contributed by atoms with E-state index in [0.29, 0.717) is 12.2 Å². The minimum absolute atomic E-state index is 0.0587. The van der Waals surface area contributed by atoms with Gasteiger partial charge in [-0.2, -0.15) is 0 Å². The van der Waals surface area contributed by atoms with E-state index < -0.39 is 5.97 Å². The van der Waals surface area contributed by atoms with Gasteiger partial charge in [0.2, 0.25) is 0 Å². The molecular formula is C13H12ClN3O3S. The highest BCUT2D eigenvalue weighted by molar-refractivity contribution is 7.07. The second-order valence-corrected chi connectivity index (χ2v) is 5.39. The summed E-state index contributed by atoms with van der Waals surface area (Å²) in [6.07, 6.45) is 0. The van der Waals surface area contributed by atoms with Gasteiger partial charge in [0.1, 0.15) is 0 Å². The van der Waals surface area contributed by atoms with Crippen molar-refractivity contribution in [2.45, 2.75) is 6.54 Å². The molecule has 0 saturated heterocycles. The zero-order valence-corrected chi connectivity index (χ0v) is 12.6. The SMILES string of the molecule is CN(Cc1cscn1)C(=O)Nc1ccc(Cl)c(C(=O)O)c1. The molecule has 0 bridgehead atoms. The number of benzene rings is 1. The van der Waals surface area contributed by atoms with Crippen LogP contribution >= 0.6 is 22.9 Å². The topological polar surface area (TPSA) is 82.5 Å². The summed E-state index contributed by atoms with van der Waals surface area (Å²) in [7, 11) is 1.63. The largest absolute Gasteiger partial charge is 0.478 e. The van der Waals surface area contributed by atoms with Crippen LogP contribution in [0.25, 0.3) is 0 Å². The summed E-state index contributed by atoms with van der Waals surface area (Å²) in [5.41, 5.74) is 2.79. The first-order chi connectivity index (χ1) is 9.97. The Hall–Kier alpha value is -2.12. The van der Waals surface area contributed by atoms with Crippen LogP contribution in [-0.2, 0) is 6.54 Å². The number of hydrogen-bond acceptors (Lipinski definition) is 4. The van der Waals surface area contributed by atoms with Crippen LogP contribution in [-0.4, -0.2) is 34.0 Å². The summed E-state index contributed by atoms with van der Waals surface area (Å²) in [4.78, 5) is 28.6. The fourth-order valence-corrected chi connectivity index (χ4v) is 2.36. The number of rotatable bonds is 4. The molecule has 0 spiro atoms. The highest BCUT2D eigenvalue weighted by Crippen LogP contribution is 2.21. The van der Waals surface area contributed by atoms with E-state index in [1.165, 1.54) is 28.4 Å². The van der Waals surface area contributed by atoms with Gasteiger partial charge in [-0.15, -0.1) is 11.3 Å². The number of anilines is 1. The van der Waals surface area contributed by atoms with Crippen LogP contribution in [0.15, 0.2) is 29.1 Å². The Kier molecular flexibility index (Phi) is 4.77. The van der Waals surface area contributed by atoms with Gasteiger partial charge in [0.15, 0.2) is 0 Å². The third-order valence-electron chi connectivity index (χ3n) is 2.68. The molecule has 0 aliphatic rings. The lowest BCUT2D eigenvalue weighted by molar-refractivity contribution is 0.0697. The molecule has 0 aliphatic heterocycles. The Bertz CT molecular complexity index is 661. The third kappa shape index (κ3) is 3.93. The van der Waals surface area contributed by atoms with E-state index in [0.717, 1.165) is 5.69 Å². The van der Waals surface area contributed by atoms with E-state index in [4.69, 9.17) is 16.7 Å². The molecule has 0 saturated carbocycles. The van der Waals surface area contributed by atoms with Crippen LogP contribution in [0, 0.1) is 0 Å².